The second-order valence-electron chi connectivity index (χ2n) is 8.29. The standard InChI is InChI=1S/C24H29N3/c1-2-6-19(7-3-1)22-8-4-5-9-23(22)26-24(20-10-11-20)25-16-21-17-27-14-12-18(21)13-15-27/h1-9,18,21,25-26H,10-17H2. The Morgan fingerprint density at radius 1 is 0.926 bits per heavy atom. The summed E-state index contributed by atoms with van der Waals surface area (Å²) in [6.07, 6.45) is 5.23. The van der Waals surface area contributed by atoms with Gasteiger partial charge < -0.3 is 15.5 Å². The molecule has 3 saturated heterocycles. The molecule has 3 heteroatoms. The van der Waals surface area contributed by atoms with E-state index in [4.69, 9.17) is 0 Å². The highest BCUT2D eigenvalue weighted by Crippen LogP contribution is 2.35. The van der Waals surface area contributed by atoms with E-state index in [9.17, 15) is 0 Å². The summed E-state index contributed by atoms with van der Waals surface area (Å²) >= 11 is 0. The molecule has 2 aromatic rings. The first-order valence-electron chi connectivity index (χ1n) is 10.5. The van der Waals surface area contributed by atoms with Crippen molar-refractivity contribution in [1.29, 1.82) is 0 Å². The molecule has 2 aromatic carbocycles. The maximum Gasteiger partial charge on any atom is 0.102 e. The molecule has 2 bridgehead atoms. The second-order valence-corrected chi connectivity index (χ2v) is 8.29. The third-order valence-corrected chi connectivity index (χ3v) is 6.46. The molecule has 27 heavy (non-hydrogen) atoms. The fourth-order valence-corrected chi connectivity index (χ4v) is 4.72. The number of anilines is 1. The van der Waals surface area contributed by atoms with Crippen molar-refractivity contribution in [2.75, 3.05) is 31.5 Å². The van der Waals surface area contributed by atoms with E-state index in [2.05, 4.69) is 70.1 Å². The molecule has 3 aliphatic heterocycles. The maximum atomic E-state index is 3.81. The highest BCUT2D eigenvalue weighted by atomic mass is 15.2. The van der Waals surface area contributed by atoms with Gasteiger partial charge in [-0.15, -0.1) is 0 Å². The lowest BCUT2D eigenvalue weighted by atomic mass is 9.79. The molecular formula is C24H29N3. The van der Waals surface area contributed by atoms with Gasteiger partial charge in [0.1, 0.15) is 5.82 Å². The minimum atomic E-state index is 0.799. The summed E-state index contributed by atoms with van der Waals surface area (Å²) in [7, 11) is 0. The molecule has 4 fully saturated rings. The highest BCUT2D eigenvalue weighted by molar-refractivity contribution is 5.78. The normalized spacial score (nSPS) is 25.9. The van der Waals surface area contributed by atoms with E-state index >= 15 is 0 Å². The van der Waals surface area contributed by atoms with Crippen LogP contribution in [0.1, 0.15) is 25.7 Å². The molecule has 0 aromatic heterocycles. The molecule has 1 aliphatic carbocycles. The summed E-state index contributed by atoms with van der Waals surface area (Å²) < 4.78 is 0. The van der Waals surface area contributed by atoms with Crippen molar-refractivity contribution >= 4 is 5.69 Å². The number of hydrogen-bond donors (Lipinski definition) is 2. The predicted molar refractivity (Wildman–Crippen MR) is 112 cm³/mol. The fraction of sp³-hybridized carbons (Fsp3) is 0.417. The average molecular weight is 360 g/mol. The Morgan fingerprint density at radius 3 is 2.37 bits per heavy atom. The summed E-state index contributed by atoms with van der Waals surface area (Å²) in [5.74, 6) is 2.98. The zero-order chi connectivity index (χ0) is 18.1. The molecule has 1 unspecified atom stereocenters. The molecule has 6 rings (SSSR count). The van der Waals surface area contributed by atoms with Crippen molar-refractivity contribution in [2.45, 2.75) is 25.7 Å². The number of benzene rings is 2. The van der Waals surface area contributed by atoms with Crippen molar-refractivity contribution in [2.24, 2.45) is 11.8 Å². The van der Waals surface area contributed by atoms with Crippen LogP contribution in [-0.2, 0) is 0 Å². The minimum absolute atomic E-state index is 0.799. The number of para-hydroxylation sites is 1. The Morgan fingerprint density at radius 2 is 1.67 bits per heavy atom. The Labute approximate surface area is 162 Å². The number of nitrogens with one attached hydrogen (secondary N) is 2. The zero-order valence-corrected chi connectivity index (χ0v) is 16.0. The lowest BCUT2D eigenvalue weighted by molar-refractivity contribution is 0.0523. The van der Waals surface area contributed by atoms with Gasteiger partial charge in [-0.3, -0.25) is 0 Å². The zero-order valence-electron chi connectivity index (χ0n) is 16.0. The van der Waals surface area contributed by atoms with Gasteiger partial charge in [0.05, 0.1) is 0 Å². The first kappa shape index (κ1) is 16.9. The number of piperidine rings is 3. The lowest BCUT2D eigenvalue weighted by Crippen LogP contribution is -2.50. The third kappa shape index (κ3) is 3.74. The van der Waals surface area contributed by atoms with Crippen LogP contribution in [0.4, 0.5) is 5.69 Å². The molecule has 0 amide bonds. The average Bonchev–Trinajstić information content (AvgIpc) is 3.58. The Hall–Kier alpha value is -2.26. The summed E-state index contributed by atoms with van der Waals surface area (Å²) in [5.41, 5.74) is 5.26. The monoisotopic (exact) mass is 359 g/mol. The predicted octanol–water partition coefficient (Wildman–Crippen LogP) is 4.70. The van der Waals surface area contributed by atoms with Gasteiger partial charge in [-0.2, -0.15) is 0 Å². The first-order valence-corrected chi connectivity index (χ1v) is 10.5. The summed E-state index contributed by atoms with van der Waals surface area (Å²) in [6, 6.07) is 19.3. The van der Waals surface area contributed by atoms with Gasteiger partial charge in [-0.05, 0) is 67.8 Å². The van der Waals surface area contributed by atoms with E-state index in [1.165, 1.54) is 68.0 Å². The SMILES string of the molecule is c1ccc(-c2ccccc2NC(NCC2CN3CCC2CC3)=C2CC2)cc1. The molecule has 4 aliphatic rings. The van der Waals surface area contributed by atoms with Crippen molar-refractivity contribution in [3.8, 4) is 11.1 Å². The Bertz CT molecular complexity index is 813. The van der Waals surface area contributed by atoms with Gasteiger partial charge in [0, 0.05) is 24.3 Å². The van der Waals surface area contributed by atoms with E-state index in [-0.39, 0.29) is 0 Å². The lowest BCUT2D eigenvalue weighted by Gasteiger charge is -2.45. The maximum absolute atomic E-state index is 3.81. The van der Waals surface area contributed by atoms with E-state index in [1.807, 2.05) is 0 Å². The van der Waals surface area contributed by atoms with Gasteiger partial charge >= 0.3 is 0 Å². The van der Waals surface area contributed by atoms with E-state index in [1.54, 1.807) is 5.57 Å². The summed E-state index contributed by atoms with van der Waals surface area (Å²) in [4.78, 5) is 2.65. The molecule has 2 N–H and O–H groups in total. The van der Waals surface area contributed by atoms with Crippen molar-refractivity contribution in [3.05, 3.63) is 66.0 Å². The van der Waals surface area contributed by atoms with Crippen LogP contribution in [0.5, 0.6) is 0 Å². The number of allylic oxidation sites excluding steroid dienone is 1. The van der Waals surface area contributed by atoms with Crippen LogP contribution < -0.4 is 10.6 Å². The Kier molecular flexibility index (Phi) is 4.62. The van der Waals surface area contributed by atoms with Crippen LogP contribution in [0, 0.1) is 11.8 Å². The molecule has 3 nitrogen and oxygen atoms in total. The van der Waals surface area contributed by atoms with Gasteiger partial charge in [0.15, 0.2) is 0 Å². The van der Waals surface area contributed by atoms with Gasteiger partial charge in [-0.1, -0.05) is 48.5 Å². The molecule has 1 saturated carbocycles. The molecule has 0 spiro atoms. The van der Waals surface area contributed by atoms with Crippen molar-refractivity contribution in [1.82, 2.24) is 10.2 Å². The van der Waals surface area contributed by atoms with Gasteiger partial charge in [-0.25, -0.2) is 0 Å². The first-order chi connectivity index (χ1) is 13.4. The molecule has 1 atom stereocenters. The second kappa shape index (κ2) is 7.40. The topological polar surface area (TPSA) is 27.3 Å². The van der Waals surface area contributed by atoms with Gasteiger partial charge in [0.2, 0.25) is 0 Å². The van der Waals surface area contributed by atoms with E-state index < -0.39 is 0 Å². The van der Waals surface area contributed by atoms with Gasteiger partial charge in [0.25, 0.3) is 0 Å². The molecular weight excluding hydrogens is 330 g/mol. The smallest absolute Gasteiger partial charge is 0.102 e. The van der Waals surface area contributed by atoms with Crippen LogP contribution in [0.2, 0.25) is 0 Å². The van der Waals surface area contributed by atoms with E-state index in [0.717, 1.165) is 18.4 Å². The summed E-state index contributed by atoms with van der Waals surface area (Å²) in [6.45, 7) is 5.01. The van der Waals surface area contributed by atoms with Crippen LogP contribution in [-0.4, -0.2) is 31.1 Å². The van der Waals surface area contributed by atoms with Crippen LogP contribution >= 0.6 is 0 Å². The van der Waals surface area contributed by atoms with Crippen LogP contribution in [0.25, 0.3) is 11.1 Å². The minimum Gasteiger partial charge on any atom is -0.371 e. The summed E-state index contributed by atoms with van der Waals surface area (Å²) in [5, 5.41) is 7.55. The number of hydrogen-bond acceptors (Lipinski definition) is 3. The third-order valence-electron chi connectivity index (χ3n) is 6.46. The number of rotatable bonds is 6. The van der Waals surface area contributed by atoms with Crippen molar-refractivity contribution in [3.63, 3.8) is 0 Å². The number of fused-ring (bicyclic) bond motifs is 3. The van der Waals surface area contributed by atoms with E-state index in [0.29, 0.717) is 0 Å². The van der Waals surface area contributed by atoms with Crippen molar-refractivity contribution < 1.29 is 0 Å². The molecule has 3 heterocycles. The van der Waals surface area contributed by atoms with Crippen LogP contribution in [0.15, 0.2) is 66.0 Å². The quantitative estimate of drug-likeness (QED) is 0.783. The molecule has 0 radical (unpaired) electrons. The largest absolute Gasteiger partial charge is 0.371 e. The molecule has 140 valence electrons. The van der Waals surface area contributed by atoms with Crippen LogP contribution in [0.3, 0.4) is 0 Å². The number of nitrogens with zero attached hydrogens (tertiary/aromatic N) is 1. The Balaban J connectivity index is 1.31. The highest BCUT2D eigenvalue weighted by Gasteiger charge is 2.34. The fourth-order valence-electron chi connectivity index (χ4n) is 4.72.